The molecule has 0 aliphatic heterocycles. The first kappa shape index (κ1) is 25.9. The fraction of sp³-hybridized carbons (Fsp3) is 0.667. The molecule has 0 spiro atoms. The fourth-order valence-electron chi connectivity index (χ4n) is 1.09. The molecule has 0 unspecified atom stereocenters. The standard InChI is InChI=1S/C18H30O10/c1-7-17(3,4)27-25-15(19)23-13-11-21-9-10-22-12-14-24-16(20)26-28-18(5,6)8-2/h7-8H,1-2,9-14H2,3-6H3. The maximum atomic E-state index is 11.2. The molecule has 10 nitrogen and oxygen atoms in total. The minimum atomic E-state index is -0.973. The van der Waals surface area contributed by atoms with E-state index < -0.39 is 23.5 Å². The average molecular weight is 406 g/mol. The van der Waals surface area contributed by atoms with Crippen LogP contribution in [0.3, 0.4) is 0 Å². The molecule has 0 aliphatic rings. The Morgan fingerprint density at radius 1 is 0.679 bits per heavy atom. The predicted molar refractivity (Wildman–Crippen MR) is 97.2 cm³/mol. The van der Waals surface area contributed by atoms with Gasteiger partial charge in [-0.25, -0.2) is 9.59 Å². The summed E-state index contributed by atoms with van der Waals surface area (Å²) in [6, 6.07) is 0. The van der Waals surface area contributed by atoms with Crippen LogP contribution in [-0.4, -0.2) is 63.2 Å². The maximum Gasteiger partial charge on any atom is 0.540 e. The van der Waals surface area contributed by atoms with E-state index in [9.17, 15) is 9.59 Å². The van der Waals surface area contributed by atoms with E-state index in [0.29, 0.717) is 0 Å². The summed E-state index contributed by atoms with van der Waals surface area (Å²) in [5.41, 5.74) is -1.61. The van der Waals surface area contributed by atoms with E-state index in [2.05, 4.69) is 22.9 Å². The second-order valence-electron chi connectivity index (χ2n) is 6.37. The van der Waals surface area contributed by atoms with Crippen LogP contribution in [0.2, 0.25) is 0 Å². The lowest BCUT2D eigenvalue weighted by Crippen LogP contribution is -2.24. The van der Waals surface area contributed by atoms with Crippen molar-refractivity contribution in [1.82, 2.24) is 0 Å². The van der Waals surface area contributed by atoms with Gasteiger partial charge in [0.2, 0.25) is 0 Å². The molecular weight excluding hydrogens is 376 g/mol. The second-order valence-corrected chi connectivity index (χ2v) is 6.37. The first-order chi connectivity index (χ1) is 13.1. The van der Waals surface area contributed by atoms with Crippen LogP contribution in [0.5, 0.6) is 0 Å². The highest BCUT2D eigenvalue weighted by Crippen LogP contribution is 2.11. The zero-order valence-electron chi connectivity index (χ0n) is 16.9. The Morgan fingerprint density at radius 2 is 1.00 bits per heavy atom. The van der Waals surface area contributed by atoms with Crippen LogP contribution < -0.4 is 0 Å². The molecule has 0 radical (unpaired) electrons. The van der Waals surface area contributed by atoms with Crippen molar-refractivity contribution in [1.29, 1.82) is 0 Å². The van der Waals surface area contributed by atoms with Crippen molar-refractivity contribution in [2.24, 2.45) is 0 Å². The minimum Gasteiger partial charge on any atom is -0.430 e. The van der Waals surface area contributed by atoms with E-state index >= 15 is 0 Å². The van der Waals surface area contributed by atoms with Crippen LogP contribution in [0.15, 0.2) is 25.3 Å². The minimum absolute atomic E-state index is 0.00722. The summed E-state index contributed by atoms with van der Waals surface area (Å²) in [6.45, 7) is 14.6. The van der Waals surface area contributed by atoms with Gasteiger partial charge < -0.3 is 18.9 Å². The van der Waals surface area contributed by atoms with E-state index in [1.165, 1.54) is 12.2 Å². The van der Waals surface area contributed by atoms with Gasteiger partial charge in [-0.05, 0) is 27.7 Å². The quantitative estimate of drug-likeness (QED) is 0.132. The lowest BCUT2D eigenvalue weighted by molar-refractivity contribution is -0.303. The highest BCUT2D eigenvalue weighted by atomic mass is 17.2. The van der Waals surface area contributed by atoms with Gasteiger partial charge in [0.1, 0.15) is 24.4 Å². The summed E-state index contributed by atoms with van der Waals surface area (Å²) in [6.07, 6.45) is 1.02. The van der Waals surface area contributed by atoms with E-state index in [4.69, 9.17) is 28.7 Å². The van der Waals surface area contributed by atoms with Crippen molar-refractivity contribution in [3.8, 4) is 0 Å². The molecule has 0 aliphatic carbocycles. The molecule has 0 fully saturated rings. The number of hydrogen-bond acceptors (Lipinski definition) is 10. The van der Waals surface area contributed by atoms with Crippen LogP contribution >= 0.6 is 0 Å². The molecule has 0 amide bonds. The van der Waals surface area contributed by atoms with Gasteiger partial charge in [-0.3, -0.25) is 9.78 Å². The van der Waals surface area contributed by atoms with Crippen molar-refractivity contribution in [2.45, 2.75) is 38.9 Å². The van der Waals surface area contributed by atoms with Crippen molar-refractivity contribution in [3.63, 3.8) is 0 Å². The Morgan fingerprint density at radius 3 is 1.32 bits per heavy atom. The van der Waals surface area contributed by atoms with Gasteiger partial charge in [0.05, 0.1) is 26.4 Å². The van der Waals surface area contributed by atoms with Gasteiger partial charge >= 0.3 is 12.3 Å². The molecule has 0 bridgehead atoms. The van der Waals surface area contributed by atoms with Crippen LogP contribution in [-0.2, 0) is 38.5 Å². The SMILES string of the molecule is C=CC(C)(C)OOC(=O)OCCOCCOCCOC(=O)OOC(C)(C)C=C. The largest absolute Gasteiger partial charge is 0.540 e. The Kier molecular flexibility index (Phi) is 12.9. The Bertz CT molecular complexity index is 443. The summed E-state index contributed by atoms with van der Waals surface area (Å²) >= 11 is 0. The molecule has 0 rings (SSSR count). The van der Waals surface area contributed by atoms with Crippen molar-refractivity contribution >= 4 is 12.3 Å². The van der Waals surface area contributed by atoms with Crippen molar-refractivity contribution in [3.05, 3.63) is 25.3 Å². The average Bonchev–Trinajstić information content (AvgIpc) is 2.66. The predicted octanol–water partition coefficient (Wildman–Crippen LogP) is 3.12. The van der Waals surface area contributed by atoms with E-state index in [-0.39, 0.29) is 39.6 Å². The second kappa shape index (κ2) is 13.9. The first-order valence-corrected chi connectivity index (χ1v) is 8.59. The first-order valence-electron chi connectivity index (χ1n) is 8.59. The molecule has 0 saturated heterocycles. The third kappa shape index (κ3) is 15.0. The van der Waals surface area contributed by atoms with Crippen LogP contribution in [0.25, 0.3) is 0 Å². The molecular formula is C18H30O10. The third-order valence-electron chi connectivity index (χ3n) is 2.90. The lowest BCUT2D eigenvalue weighted by atomic mass is 10.1. The number of hydrogen-bond donors (Lipinski definition) is 0. The summed E-state index contributed by atoms with van der Waals surface area (Å²) in [4.78, 5) is 41.0. The van der Waals surface area contributed by atoms with Crippen LogP contribution in [0, 0.1) is 0 Å². The Balaban J connectivity index is 3.46. The molecule has 10 heteroatoms. The van der Waals surface area contributed by atoms with Crippen molar-refractivity contribution in [2.75, 3.05) is 39.6 Å². The topological polar surface area (TPSA) is 108 Å². The van der Waals surface area contributed by atoms with Gasteiger partial charge in [0, 0.05) is 0 Å². The highest BCUT2D eigenvalue weighted by Gasteiger charge is 2.19. The molecule has 162 valence electrons. The summed E-state index contributed by atoms with van der Waals surface area (Å²) in [5.74, 6) is 0. The molecule has 0 saturated carbocycles. The number of carbonyl (C=O) groups excluding carboxylic acids is 2. The number of rotatable bonds is 15. The zero-order chi connectivity index (χ0) is 21.5. The molecule has 0 atom stereocenters. The molecule has 0 aromatic rings. The molecule has 28 heavy (non-hydrogen) atoms. The summed E-state index contributed by atoms with van der Waals surface area (Å²) in [5, 5.41) is 0. The lowest BCUT2D eigenvalue weighted by Gasteiger charge is -2.17. The highest BCUT2D eigenvalue weighted by molar-refractivity contribution is 5.59. The van der Waals surface area contributed by atoms with E-state index in [0.717, 1.165) is 0 Å². The van der Waals surface area contributed by atoms with Gasteiger partial charge in [-0.15, -0.1) is 13.2 Å². The van der Waals surface area contributed by atoms with Crippen LogP contribution in [0.4, 0.5) is 9.59 Å². The van der Waals surface area contributed by atoms with Gasteiger partial charge in [-0.1, -0.05) is 12.2 Å². The molecule has 0 aromatic carbocycles. The fourth-order valence-corrected chi connectivity index (χ4v) is 1.09. The van der Waals surface area contributed by atoms with Gasteiger partial charge in [0.25, 0.3) is 0 Å². The number of ether oxygens (including phenoxy) is 4. The maximum absolute atomic E-state index is 11.2. The smallest absolute Gasteiger partial charge is 0.430 e. The van der Waals surface area contributed by atoms with Gasteiger partial charge in [0.15, 0.2) is 0 Å². The molecule has 0 aromatic heterocycles. The summed E-state index contributed by atoms with van der Waals surface area (Å²) in [7, 11) is 0. The van der Waals surface area contributed by atoms with E-state index in [1.807, 2.05) is 0 Å². The van der Waals surface area contributed by atoms with Crippen LogP contribution in [0.1, 0.15) is 27.7 Å². The summed E-state index contributed by atoms with van der Waals surface area (Å²) < 4.78 is 19.8. The van der Waals surface area contributed by atoms with E-state index in [1.54, 1.807) is 27.7 Å². The third-order valence-corrected chi connectivity index (χ3v) is 2.90. The Labute approximate surface area is 165 Å². The zero-order valence-corrected chi connectivity index (χ0v) is 16.9. The van der Waals surface area contributed by atoms with Gasteiger partial charge in [-0.2, -0.15) is 9.78 Å². The normalized spacial score (nSPS) is 11.4. The monoisotopic (exact) mass is 406 g/mol. The number of carbonyl (C=O) groups is 2. The Hall–Kier alpha value is -2.14. The van der Waals surface area contributed by atoms with Crippen molar-refractivity contribution < 1.29 is 48.1 Å². The molecule has 0 heterocycles. The molecule has 0 N–H and O–H groups in total.